The fraction of sp³-hybridized carbons (Fsp3) is 0.429. The molecule has 0 radical (unpaired) electrons. The number of likely N-dealkylation sites (tertiary alicyclic amines) is 1. The van der Waals surface area contributed by atoms with E-state index in [4.69, 9.17) is 9.47 Å². The number of hydrogen-bond donors (Lipinski definition) is 0. The Labute approximate surface area is 175 Å². The van der Waals surface area contributed by atoms with Crippen molar-refractivity contribution < 1.29 is 22.7 Å². The quantitative estimate of drug-likeness (QED) is 0.718. The molecule has 0 spiro atoms. The monoisotopic (exact) mass is 434 g/mol. The van der Waals surface area contributed by atoms with Crippen molar-refractivity contribution >= 4 is 15.9 Å². The molecule has 9 heteroatoms. The Morgan fingerprint density at radius 3 is 2.27 bits per heavy atom. The molecule has 30 heavy (non-hydrogen) atoms. The number of carbonyl (C=O) groups is 1. The standard InChI is InChI=1S/C21H26N2O6S/c1-15(2)28-21(25)22-11-8-17(9-12-22)29-18-10-13-23(20(24)14-18)16-4-6-19(7-5-16)30(3,26)27/h4-7,10,13-15,17H,8-9,11-12H2,1-3H3. The molecule has 2 heterocycles. The fourth-order valence-electron chi connectivity index (χ4n) is 3.23. The summed E-state index contributed by atoms with van der Waals surface area (Å²) in [7, 11) is -3.29. The van der Waals surface area contributed by atoms with Crippen molar-refractivity contribution in [2.45, 2.75) is 43.8 Å². The van der Waals surface area contributed by atoms with Crippen LogP contribution in [0.3, 0.4) is 0 Å². The number of ether oxygens (including phenoxy) is 2. The van der Waals surface area contributed by atoms with Gasteiger partial charge >= 0.3 is 6.09 Å². The minimum Gasteiger partial charge on any atom is -0.490 e. The van der Waals surface area contributed by atoms with Gasteiger partial charge in [0.15, 0.2) is 9.84 Å². The van der Waals surface area contributed by atoms with E-state index in [-0.39, 0.29) is 28.8 Å². The molecular formula is C21H26N2O6S. The third-order valence-electron chi connectivity index (χ3n) is 4.77. The molecule has 0 aliphatic carbocycles. The largest absolute Gasteiger partial charge is 0.490 e. The van der Waals surface area contributed by atoms with Crippen molar-refractivity contribution in [1.82, 2.24) is 9.47 Å². The second-order valence-electron chi connectivity index (χ2n) is 7.57. The topological polar surface area (TPSA) is 94.9 Å². The lowest BCUT2D eigenvalue weighted by atomic mass is 10.1. The maximum atomic E-state index is 12.5. The number of aromatic nitrogens is 1. The van der Waals surface area contributed by atoms with Crippen LogP contribution in [0.5, 0.6) is 5.75 Å². The van der Waals surface area contributed by atoms with E-state index in [2.05, 4.69) is 0 Å². The molecule has 1 amide bonds. The van der Waals surface area contributed by atoms with Gasteiger partial charge < -0.3 is 14.4 Å². The highest BCUT2D eigenvalue weighted by Crippen LogP contribution is 2.19. The van der Waals surface area contributed by atoms with Crippen LogP contribution in [0, 0.1) is 0 Å². The van der Waals surface area contributed by atoms with Gasteiger partial charge in [0.05, 0.1) is 11.0 Å². The van der Waals surface area contributed by atoms with Gasteiger partial charge in [0, 0.05) is 50.1 Å². The summed E-state index contributed by atoms with van der Waals surface area (Å²) in [6.45, 7) is 4.71. The number of carbonyl (C=O) groups excluding carboxylic acids is 1. The number of benzene rings is 1. The molecule has 0 N–H and O–H groups in total. The molecule has 162 valence electrons. The summed E-state index contributed by atoms with van der Waals surface area (Å²) < 4.78 is 35.7. The zero-order valence-electron chi connectivity index (χ0n) is 17.3. The maximum absolute atomic E-state index is 12.5. The first-order chi connectivity index (χ1) is 14.1. The predicted octanol–water partition coefficient (Wildman–Crippen LogP) is 2.63. The zero-order chi connectivity index (χ0) is 21.9. The lowest BCUT2D eigenvalue weighted by Gasteiger charge is -2.32. The minimum absolute atomic E-state index is 0.0857. The van der Waals surface area contributed by atoms with Crippen LogP contribution in [0.15, 0.2) is 52.3 Å². The minimum atomic E-state index is -3.29. The van der Waals surface area contributed by atoms with Crippen LogP contribution in [0.4, 0.5) is 4.79 Å². The Balaban J connectivity index is 1.63. The summed E-state index contributed by atoms with van der Waals surface area (Å²) in [4.78, 5) is 26.3. The van der Waals surface area contributed by atoms with Crippen molar-refractivity contribution in [2.24, 2.45) is 0 Å². The molecule has 2 aromatic rings. The molecule has 1 aromatic heterocycles. The van der Waals surface area contributed by atoms with Crippen LogP contribution in [0.25, 0.3) is 5.69 Å². The van der Waals surface area contributed by atoms with Gasteiger partial charge in [0.1, 0.15) is 11.9 Å². The average Bonchev–Trinajstić information content (AvgIpc) is 2.67. The Kier molecular flexibility index (Phi) is 6.50. The van der Waals surface area contributed by atoms with Crippen LogP contribution in [0.1, 0.15) is 26.7 Å². The lowest BCUT2D eigenvalue weighted by molar-refractivity contribution is 0.0516. The number of rotatable bonds is 5. The third-order valence-corrected chi connectivity index (χ3v) is 5.90. The van der Waals surface area contributed by atoms with Crippen LogP contribution >= 0.6 is 0 Å². The van der Waals surface area contributed by atoms with Crippen LogP contribution < -0.4 is 10.3 Å². The summed E-state index contributed by atoms with van der Waals surface area (Å²) in [6, 6.07) is 9.23. The van der Waals surface area contributed by atoms with Crippen molar-refractivity contribution in [3.05, 3.63) is 52.9 Å². The first kappa shape index (κ1) is 21.9. The molecule has 1 aromatic carbocycles. The summed E-state index contributed by atoms with van der Waals surface area (Å²) in [5.41, 5.74) is 0.286. The van der Waals surface area contributed by atoms with Gasteiger partial charge in [-0.1, -0.05) is 0 Å². The van der Waals surface area contributed by atoms with Gasteiger partial charge in [-0.3, -0.25) is 9.36 Å². The van der Waals surface area contributed by atoms with Gasteiger partial charge in [-0.25, -0.2) is 13.2 Å². The van der Waals surface area contributed by atoms with E-state index in [9.17, 15) is 18.0 Å². The molecule has 1 saturated heterocycles. The molecule has 0 atom stereocenters. The number of piperidine rings is 1. The Morgan fingerprint density at radius 1 is 1.10 bits per heavy atom. The molecular weight excluding hydrogens is 408 g/mol. The normalized spacial score (nSPS) is 15.3. The van der Waals surface area contributed by atoms with E-state index in [1.54, 1.807) is 29.3 Å². The number of amides is 1. The second kappa shape index (κ2) is 8.91. The average molecular weight is 435 g/mol. The molecule has 0 unspecified atom stereocenters. The highest BCUT2D eigenvalue weighted by Gasteiger charge is 2.25. The van der Waals surface area contributed by atoms with E-state index < -0.39 is 9.84 Å². The summed E-state index contributed by atoms with van der Waals surface area (Å²) in [5, 5.41) is 0. The smallest absolute Gasteiger partial charge is 0.410 e. The number of sulfone groups is 1. The summed E-state index contributed by atoms with van der Waals surface area (Å²) in [6.07, 6.45) is 3.50. The fourth-order valence-corrected chi connectivity index (χ4v) is 3.86. The van der Waals surface area contributed by atoms with E-state index in [1.165, 1.54) is 22.8 Å². The maximum Gasteiger partial charge on any atom is 0.410 e. The van der Waals surface area contributed by atoms with Crippen molar-refractivity contribution in [3.63, 3.8) is 0 Å². The predicted molar refractivity (Wildman–Crippen MR) is 112 cm³/mol. The Morgan fingerprint density at radius 2 is 1.73 bits per heavy atom. The highest BCUT2D eigenvalue weighted by atomic mass is 32.2. The number of hydrogen-bond acceptors (Lipinski definition) is 6. The highest BCUT2D eigenvalue weighted by molar-refractivity contribution is 7.90. The Bertz CT molecular complexity index is 1050. The molecule has 1 fully saturated rings. The van der Waals surface area contributed by atoms with Gasteiger partial charge in [-0.15, -0.1) is 0 Å². The van der Waals surface area contributed by atoms with Crippen molar-refractivity contribution in [2.75, 3.05) is 19.3 Å². The van der Waals surface area contributed by atoms with Crippen LogP contribution in [-0.2, 0) is 14.6 Å². The van der Waals surface area contributed by atoms with E-state index in [0.717, 1.165) is 6.26 Å². The van der Waals surface area contributed by atoms with Crippen molar-refractivity contribution in [3.8, 4) is 11.4 Å². The van der Waals surface area contributed by atoms with Gasteiger partial charge in [-0.05, 0) is 44.2 Å². The summed E-state index contributed by atoms with van der Waals surface area (Å²) in [5.74, 6) is 0.465. The third kappa shape index (κ3) is 5.41. The van der Waals surface area contributed by atoms with Gasteiger partial charge in [-0.2, -0.15) is 0 Å². The van der Waals surface area contributed by atoms with Crippen LogP contribution in [0.2, 0.25) is 0 Å². The number of pyridine rings is 1. The van der Waals surface area contributed by atoms with Gasteiger partial charge in [0.2, 0.25) is 0 Å². The lowest BCUT2D eigenvalue weighted by Crippen LogP contribution is -2.42. The second-order valence-corrected chi connectivity index (χ2v) is 9.59. The van der Waals surface area contributed by atoms with E-state index >= 15 is 0 Å². The molecule has 1 aliphatic rings. The first-order valence-corrected chi connectivity index (χ1v) is 11.7. The molecule has 1 aliphatic heterocycles. The Hall–Kier alpha value is -2.81. The number of nitrogens with zero attached hydrogens (tertiary/aromatic N) is 2. The van der Waals surface area contributed by atoms with E-state index in [1.807, 2.05) is 13.8 Å². The zero-order valence-corrected chi connectivity index (χ0v) is 18.1. The molecule has 3 rings (SSSR count). The van der Waals surface area contributed by atoms with Gasteiger partial charge in [0.25, 0.3) is 5.56 Å². The summed E-state index contributed by atoms with van der Waals surface area (Å²) >= 11 is 0. The van der Waals surface area contributed by atoms with Crippen molar-refractivity contribution in [1.29, 1.82) is 0 Å². The molecule has 8 nitrogen and oxygen atoms in total. The SMILES string of the molecule is CC(C)OC(=O)N1CCC(Oc2ccn(-c3ccc(S(C)(=O)=O)cc3)c(=O)c2)CC1. The van der Waals surface area contributed by atoms with E-state index in [0.29, 0.717) is 37.4 Å². The first-order valence-electron chi connectivity index (χ1n) is 9.79. The molecule has 0 saturated carbocycles. The van der Waals surface area contributed by atoms with Crippen LogP contribution in [-0.4, -0.2) is 55.5 Å². The molecule has 0 bridgehead atoms.